The van der Waals surface area contributed by atoms with Crippen LogP contribution in [-0.4, -0.2) is 18.9 Å². The van der Waals surface area contributed by atoms with Crippen molar-refractivity contribution in [2.24, 2.45) is 5.73 Å². The number of hydrogen-bond acceptors (Lipinski definition) is 2. The standard InChI is InChI=1S/C21H15Cl2FN2O2/c1-26(21(28)19-17(23)3-2-4-18(19)24)14-8-5-12(6-9-14)15-11-13(20(25)27)7-10-16(15)22/h2-11H,1H3,(H2,25,27). The molecule has 3 aromatic carbocycles. The van der Waals surface area contributed by atoms with Crippen molar-refractivity contribution in [3.05, 3.63) is 87.7 Å². The van der Waals surface area contributed by atoms with Gasteiger partial charge in [-0.05, 0) is 48.0 Å². The van der Waals surface area contributed by atoms with Gasteiger partial charge in [0, 0.05) is 28.9 Å². The van der Waals surface area contributed by atoms with Crippen LogP contribution in [0.2, 0.25) is 10.0 Å². The van der Waals surface area contributed by atoms with E-state index < -0.39 is 17.6 Å². The molecule has 0 heterocycles. The molecular weight excluding hydrogens is 402 g/mol. The summed E-state index contributed by atoms with van der Waals surface area (Å²) in [4.78, 5) is 25.3. The monoisotopic (exact) mass is 416 g/mol. The summed E-state index contributed by atoms with van der Waals surface area (Å²) in [5.41, 5.74) is 7.38. The van der Waals surface area contributed by atoms with Gasteiger partial charge in [-0.1, -0.05) is 41.4 Å². The first-order valence-electron chi connectivity index (χ1n) is 8.21. The molecule has 2 N–H and O–H groups in total. The first-order valence-corrected chi connectivity index (χ1v) is 8.97. The molecule has 3 aromatic rings. The summed E-state index contributed by atoms with van der Waals surface area (Å²) >= 11 is 12.2. The maximum Gasteiger partial charge on any atom is 0.262 e. The smallest absolute Gasteiger partial charge is 0.262 e. The molecular formula is C21H15Cl2FN2O2. The molecule has 3 rings (SSSR count). The zero-order chi connectivity index (χ0) is 20.4. The minimum atomic E-state index is -0.684. The Bertz CT molecular complexity index is 1050. The molecule has 28 heavy (non-hydrogen) atoms. The van der Waals surface area contributed by atoms with Crippen LogP contribution in [-0.2, 0) is 0 Å². The molecule has 4 nitrogen and oxygen atoms in total. The maximum absolute atomic E-state index is 14.0. The number of benzene rings is 3. The number of carbonyl (C=O) groups excluding carboxylic acids is 2. The molecule has 2 amide bonds. The molecule has 0 bridgehead atoms. The highest BCUT2D eigenvalue weighted by Gasteiger charge is 2.20. The first-order chi connectivity index (χ1) is 13.3. The van der Waals surface area contributed by atoms with Gasteiger partial charge in [-0.3, -0.25) is 9.59 Å². The molecule has 0 unspecified atom stereocenters. The quantitative estimate of drug-likeness (QED) is 0.636. The van der Waals surface area contributed by atoms with Crippen molar-refractivity contribution < 1.29 is 14.0 Å². The van der Waals surface area contributed by atoms with E-state index >= 15 is 0 Å². The van der Waals surface area contributed by atoms with Gasteiger partial charge in [0.25, 0.3) is 5.91 Å². The highest BCUT2D eigenvalue weighted by molar-refractivity contribution is 6.34. The fourth-order valence-corrected chi connectivity index (χ4v) is 3.22. The van der Waals surface area contributed by atoms with Gasteiger partial charge in [0.05, 0.1) is 10.6 Å². The topological polar surface area (TPSA) is 63.4 Å². The van der Waals surface area contributed by atoms with Gasteiger partial charge in [0.1, 0.15) is 5.82 Å². The highest BCUT2D eigenvalue weighted by atomic mass is 35.5. The summed E-state index contributed by atoms with van der Waals surface area (Å²) in [7, 11) is 1.53. The van der Waals surface area contributed by atoms with E-state index in [0.29, 0.717) is 21.8 Å². The average Bonchev–Trinajstić information content (AvgIpc) is 2.67. The lowest BCUT2D eigenvalue weighted by molar-refractivity contribution is 0.0985. The van der Waals surface area contributed by atoms with E-state index in [1.54, 1.807) is 42.5 Å². The van der Waals surface area contributed by atoms with E-state index in [9.17, 15) is 14.0 Å². The molecule has 0 radical (unpaired) electrons. The summed E-state index contributed by atoms with van der Waals surface area (Å²) in [5, 5.41) is 0.504. The number of hydrogen-bond donors (Lipinski definition) is 1. The fraction of sp³-hybridized carbons (Fsp3) is 0.0476. The Morgan fingerprint density at radius 2 is 1.64 bits per heavy atom. The number of anilines is 1. The SMILES string of the molecule is CN(C(=O)c1c(F)cccc1Cl)c1ccc(-c2cc(C(N)=O)ccc2Cl)cc1. The zero-order valence-corrected chi connectivity index (χ0v) is 16.3. The van der Waals surface area contributed by atoms with Crippen LogP contribution in [0.1, 0.15) is 20.7 Å². The Morgan fingerprint density at radius 3 is 2.25 bits per heavy atom. The lowest BCUT2D eigenvalue weighted by Gasteiger charge is -2.19. The summed E-state index contributed by atoms with van der Waals surface area (Å²) in [5.74, 6) is -1.80. The molecule has 0 aliphatic heterocycles. The van der Waals surface area contributed by atoms with Crippen LogP contribution in [0.4, 0.5) is 10.1 Å². The molecule has 7 heteroatoms. The third-order valence-corrected chi connectivity index (χ3v) is 4.94. The normalized spacial score (nSPS) is 10.6. The van der Waals surface area contributed by atoms with Gasteiger partial charge in [-0.15, -0.1) is 0 Å². The Hall–Kier alpha value is -2.89. The van der Waals surface area contributed by atoms with Gasteiger partial charge in [-0.25, -0.2) is 4.39 Å². The molecule has 0 saturated carbocycles. The average molecular weight is 417 g/mol. The highest BCUT2D eigenvalue weighted by Crippen LogP contribution is 2.31. The van der Waals surface area contributed by atoms with Crippen LogP contribution < -0.4 is 10.6 Å². The van der Waals surface area contributed by atoms with E-state index in [0.717, 1.165) is 5.56 Å². The summed E-state index contributed by atoms with van der Waals surface area (Å²) in [6, 6.07) is 15.7. The molecule has 0 fully saturated rings. The summed E-state index contributed by atoms with van der Waals surface area (Å²) in [6.07, 6.45) is 0. The Balaban J connectivity index is 1.92. The lowest BCUT2D eigenvalue weighted by atomic mass is 10.0. The molecule has 0 saturated heterocycles. The fourth-order valence-electron chi connectivity index (χ4n) is 2.75. The van der Waals surface area contributed by atoms with E-state index in [2.05, 4.69) is 0 Å². The minimum absolute atomic E-state index is 0.0449. The third-order valence-electron chi connectivity index (χ3n) is 4.30. The minimum Gasteiger partial charge on any atom is -0.366 e. The lowest BCUT2D eigenvalue weighted by Crippen LogP contribution is -2.27. The second-order valence-electron chi connectivity index (χ2n) is 6.07. The number of halogens is 3. The predicted octanol–water partition coefficient (Wildman–Crippen LogP) is 5.18. The van der Waals surface area contributed by atoms with Crippen LogP contribution in [0.15, 0.2) is 60.7 Å². The number of nitrogens with two attached hydrogens (primary N) is 1. The second-order valence-corrected chi connectivity index (χ2v) is 6.88. The number of nitrogens with zero attached hydrogens (tertiary/aromatic N) is 1. The van der Waals surface area contributed by atoms with E-state index in [-0.39, 0.29) is 10.6 Å². The molecule has 0 aromatic heterocycles. The number of rotatable bonds is 4. The van der Waals surface area contributed by atoms with Crippen LogP contribution in [0.5, 0.6) is 0 Å². The van der Waals surface area contributed by atoms with Crippen molar-refractivity contribution in [3.8, 4) is 11.1 Å². The number of primary amides is 1. The largest absolute Gasteiger partial charge is 0.366 e. The Labute approximate surface area is 171 Å². The zero-order valence-electron chi connectivity index (χ0n) is 14.7. The van der Waals surface area contributed by atoms with Gasteiger partial charge in [0.15, 0.2) is 0 Å². The van der Waals surface area contributed by atoms with Gasteiger partial charge < -0.3 is 10.6 Å². The van der Waals surface area contributed by atoms with E-state index in [1.165, 1.54) is 30.1 Å². The Morgan fingerprint density at radius 1 is 0.964 bits per heavy atom. The van der Waals surface area contributed by atoms with E-state index in [1.807, 2.05) is 0 Å². The molecule has 142 valence electrons. The van der Waals surface area contributed by atoms with Gasteiger partial charge in [-0.2, -0.15) is 0 Å². The maximum atomic E-state index is 14.0. The van der Waals surface area contributed by atoms with Crippen LogP contribution in [0.25, 0.3) is 11.1 Å². The van der Waals surface area contributed by atoms with Gasteiger partial charge >= 0.3 is 0 Å². The Kier molecular flexibility index (Phi) is 5.68. The van der Waals surface area contributed by atoms with Crippen molar-refractivity contribution in [2.45, 2.75) is 0 Å². The van der Waals surface area contributed by atoms with Crippen molar-refractivity contribution in [2.75, 3.05) is 11.9 Å². The predicted molar refractivity (Wildman–Crippen MR) is 110 cm³/mol. The first kappa shape index (κ1) is 19.9. The number of amides is 2. The van der Waals surface area contributed by atoms with Crippen molar-refractivity contribution >= 4 is 40.7 Å². The van der Waals surface area contributed by atoms with Crippen molar-refractivity contribution in [1.29, 1.82) is 0 Å². The number of carbonyl (C=O) groups is 2. The molecule has 0 spiro atoms. The van der Waals surface area contributed by atoms with Crippen molar-refractivity contribution in [1.82, 2.24) is 0 Å². The van der Waals surface area contributed by atoms with Crippen molar-refractivity contribution in [3.63, 3.8) is 0 Å². The van der Waals surface area contributed by atoms with E-state index in [4.69, 9.17) is 28.9 Å². The van der Waals surface area contributed by atoms with Crippen LogP contribution in [0, 0.1) is 5.82 Å². The second kappa shape index (κ2) is 8.00. The molecule has 0 aliphatic rings. The van der Waals surface area contributed by atoms with Crippen LogP contribution >= 0.6 is 23.2 Å². The summed E-state index contributed by atoms with van der Waals surface area (Å²) < 4.78 is 14.0. The summed E-state index contributed by atoms with van der Waals surface area (Å²) in [6.45, 7) is 0. The molecule has 0 aliphatic carbocycles. The molecule has 0 atom stereocenters. The van der Waals surface area contributed by atoms with Gasteiger partial charge in [0.2, 0.25) is 5.91 Å². The third kappa shape index (κ3) is 3.86. The van der Waals surface area contributed by atoms with Crippen LogP contribution in [0.3, 0.4) is 0 Å².